The van der Waals surface area contributed by atoms with Crippen LogP contribution in [-0.2, 0) is 16.1 Å². The van der Waals surface area contributed by atoms with Crippen LogP contribution in [0.3, 0.4) is 0 Å². The maximum absolute atomic E-state index is 10.8. The minimum Gasteiger partial charge on any atom is -0.365 e. The molecule has 0 aromatic carbocycles. The minimum absolute atomic E-state index is 0.0755. The summed E-state index contributed by atoms with van der Waals surface area (Å²) < 4.78 is 5.31. The molecule has 1 aromatic heterocycles. The number of hydrogen-bond donors (Lipinski definition) is 0. The van der Waals surface area contributed by atoms with Crippen LogP contribution in [0.15, 0.2) is 17.5 Å². The third-order valence-corrected chi connectivity index (χ3v) is 2.48. The largest absolute Gasteiger partial charge is 0.365 e. The fourth-order valence-electron chi connectivity index (χ4n) is 0.719. The zero-order valence-corrected chi connectivity index (χ0v) is 8.06. The second kappa shape index (κ2) is 4.38. The Bertz CT molecular complexity index is 241. The van der Waals surface area contributed by atoms with Gasteiger partial charge in [0.25, 0.3) is 0 Å². The summed E-state index contributed by atoms with van der Waals surface area (Å²) in [5.41, 5.74) is 0. The molecule has 2 nitrogen and oxygen atoms in total. The van der Waals surface area contributed by atoms with Crippen molar-refractivity contribution in [2.24, 2.45) is 0 Å². The van der Waals surface area contributed by atoms with E-state index >= 15 is 0 Å². The lowest BCUT2D eigenvalue weighted by Gasteiger charge is -2.07. The molecule has 0 aliphatic rings. The third-order valence-electron chi connectivity index (χ3n) is 1.63. The Morgan fingerprint density at radius 3 is 3.00 bits per heavy atom. The van der Waals surface area contributed by atoms with E-state index < -0.39 is 0 Å². The van der Waals surface area contributed by atoms with Gasteiger partial charge in [0.2, 0.25) is 0 Å². The van der Waals surface area contributed by atoms with Crippen LogP contribution in [-0.4, -0.2) is 11.9 Å². The van der Waals surface area contributed by atoms with Crippen LogP contribution in [0.5, 0.6) is 0 Å². The molecule has 0 spiro atoms. The van der Waals surface area contributed by atoms with Gasteiger partial charge in [0.1, 0.15) is 6.10 Å². The first-order chi connectivity index (χ1) is 5.70. The Morgan fingerprint density at radius 2 is 2.50 bits per heavy atom. The lowest BCUT2D eigenvalue weighted by Crippen LogP contribution is -2.16. The molecule has 1 heterocycles. The Hall–Kier alpha value is -0.670. The Labute approximate surface area is 76.2 Å². The van der Waals surface area contributed by atoms with Gasteiger partial charge in [0.05, 0.1) is 6.61 Å². The van der Waals surface area contributed by atoms with Crippen molar-refractivity contribution in [3.63, 3.8) is 0 Å². The highest BCUT2D eigenvalue weighted by Crippen LogP contribution is 2.10. The summed E-state index contributed by atoms with van der Waals surface area (Å²) in [5.74, 6) is 0.0755. The van der Waals surface area contributed by atoms with Gasteiger partial charge < -0.3 is 4.74 Å². The van der Waals surface area contributed by atoms with E-state index in [9.17, 15) is 4.79 Å². The van der Waals surface area contributed by atoms with Gasteiger partial charge in [0, 0.05) is 4.88 Å². The van der Waals surface area contributed by atoms with Crippen LogP contribution in [0, 0.1) is 0 Å². The Kier molecular flexibility index (Phi) is 3.44. The van der Waals surface area contributed by atoms with Gasteiger partial charge in [-0.15, -0.1) is 11.3 Å². The first-order valence-corrected chi connectivity index (χ1v) is 4.72. The van der Waals surface area contributed by atoms with Crippen molar-refractivity contribution in [1.82, 2.24) is 0 Å². The lowest BCUT2D eigenvalue weighted by atomic mass is 10.3. The van der Waals surface area contributed by atoms with Gasteiger partial charge >= 0.3 is 0 Å². The zero-order chi connectivity index (χ0) is 8.97. The molecule has 1 aromatic rings. The molecule has 0 saturated heterocycles. The monoisotopic (exact) mass is 184 g/mol. The summed E-state index contributed by atoms with van der Waals surface area (Å²) in [7, 11) is 0. The molecule has 0 fully saturated rings. The van der Waals surface area contributed by atoms with E-state index in [0.29, 0.717) is 6.61 Å². The van der Waals surface area contributed by atoms with Crippen molar-refractivity contribution in [3.8, 4) is 0 Å². The molecule has 0 aliphatic heterocycles. The molecule has 0 N–H and O–H groups in total. The first-order valence-electron chi connectivity index (χ1n) is 3.84. The molecule has 0 saturated carbocycles. The van der Waals surface area contributed by atoms with Gasteiger partial charge in [0.15, 0.2) is 5.78 Å². The number of carbonyl (C=O) groups is 1. The molecule has 0 radical (unpaired) electrons. The molecular formula is C9H12O2S. The molecule has 12 heavy (non-hydrogen) atoms. The van der Waals surface area contributed by atoms with Crippen LogP contribution in [0.2, 0.25) is 0 Å². The number of ketones is 1. The van der Waals surface area contributed by atoms with Gasteiger partial charge in [-0.1, -0.05) is 6.07 Å². The van der Waals surface area contributed by atoms with E-state index in [1.54, 1.807) is 25.2 Å². The van der Waals surface area contributed by atoms with Crippen LogP contribution in [0.4, 0.5) is 0 Å². The van der Waals surface area contributed by atoms with Crippen molar-refractivity contribution in [3.05, 3.63) is 22.4 Å². The average Bonchev–Trinajstić information content (AvgIpc) is 2.51. The quantitative estimate of drug-likeness (QED) is 0.717. The predicted octanol–water partition coefficient (Wildman–Crippen LogP) is 2.24. The highest BCUT2D eigenvalue weighted by molar-refractivity contribution is 7.09. The summed E-state index contributed by atoms with van der Waals surface area (Å²) >= 11 is 1.64. The van der Waals surface area contributed by atoms with Crippen molar-refractivity contribution in [1.29, 1.82) is 0 Å². The zero-order valence-electron chi connectivity index (χ0n) is 7.24. The number of thiophene rings is 1. The number of ether oxygens (including phenoxy) is 1. The molecule has 3 heteroatoms. The summed E-state index contributed by atoms with van der Waals surface area (Å²) in [6.45, 7) is 3.85. The second-order valence-corrected chi connectivity index (χ2v) is 3.68. The topological polar surface area (TPSA) is 26.3 Å². The molecule has 66 valence electrons. The fourth-order valence-corrected chi connectivity index (χ4v) is 1.34. The summed E-state index contributed by atoms with van der Waals surface area (Å²) in [5, 5.41) is 2.00. The predicted molar refractivity (Wildman–Crippen MR) is 49.3 cm³/mol. The van der Waals surface area contributed by atoms with Crippen LogP contribution >= 0.6 is 11.3 Å². The maximum atomic E-state index is 10.8. The third kappa shape index (κ3) is 2.75. The Balaban J connectivity index is 2.31. The highest BCUT2D eigenvalue weighted by Gasteiger charge is 2.07. The van der Waals surface area contributed by atoms with E-state index in [4.69, 9.17) is 4.74 Å². The number of carbonyl (C=O) groups excluding carboxylic acids is 1. The molecule has 1 atom stereocenters. The van der Waals surface area contributed by atoms with Gasteiger partial charge in [-0.25, -0.2) is 0 Å². The average molecular weight is 184 g/mol. The molecule has 1 unspecified atom stereocenters. The lowest BCUT2D eigenvalue weighted by molar-refractivity contribution is -0.127. The molecule has 1 rings (SSSR count). The van der Waals surface area contributed by atoms with E-state index in [1.807, 2.05) is 17.5 Å². The van der Waals surface area contributed by atoms with Crippen LogP contribution in [0.1, 0.15) is 18.7 Å². The SMILES string of the molecule is CC(=O)C(C)OCc1cccs1. The molecule has 0 bridgehead atoms. The molecule has 0 amide bonds. The van der Waals surface area contributed by atoms with Crippen molar-refractivity contribution >= 4 is 17.1 Å². The Morgan fingerprint density at radius 1 is 1.75 bits per heavy atom. The summed E-state index contributed by atoms with van der Waals surface area (Å²) in [6, 6.07) is 3.97. The fraction of sp³-hybridized carbons (Fsp3) is 0.444. The molecule has 0 aliphatic carbocycles. The smallest absolute Gasteiger partial charge is 0.158 e. The van der Waals surface area contributed by atoms with E-state index in [-0.39, 0.29) is 11.9 Å². The standard InChI is InChI=1S/C9H12O2S/c1-7(10)8(2)11-6-9-4-3-5-12-9/h3-5,8H,6H2,1-2H3. The van der Waals surface area contributed by atoms with Gasteiger partial charge in [-0.2, -0.15) is 0 Å². The van der Waals surface area contributed by atoms with Crippen molar-refractivity contribution in [2.75, 3.05) is 0 Å². The van der Waals surface area contributed by atoms with E-state index in [1.165, 1.54) is 0 Å². The highest BCUT2D eigenvalue weighted by atomic mass is 32.1. The van der Waals surface area contributed by atoms with Gasteiger partial charge in [-0.3, -0.25) is 4.79 Å². The van der Waals surface area contributed by atoms with Crippen LogP contribution < -0.4 is 0 Å². The maximum Gasteiger partial charge on any atom is 0.158 e. The number of hydrogen-bond acceptors (Lipinski definition) is 3. The van der Waals surface area contributed by atoms with Crippen molar-refractivity contribution < 1.29 is 9.53 Å². The normalized spacial score (nSPS) is 12.8. The minimum atomic E-state index is -0.285. The summed E-state index contributed by atoms with van der Waals surface area (Å²) in [4.78, 5) is 11.9. The second-order valence-electron chi connectivity index (χ2n) is 2.64. The van der Waals surface area contributed by atoms with Crippen molar-refractivity contribution in [2.45, 2.75) is 26.6 Å². The van der Waals surface area contributed by atoms with E-state index in [2.05, 4.69) is 0 Å². The summed E-state index contributed by atoms with van der Waals surface area (Å²) in [6.07, 6.45) is -0.285. The van der Waals surface area contributed by atoms with E-state index in [0.717, 1.165) is 4.88 Å². The number of Topliss-reactive ketones (excluding diaryl/α,β-unsaturated/α-hetero) is 1. The van der Waals surface area contributed by atoms with Crippen LogP contribution in [0.25, 0.3) is 0 Å². The first kappa shape index (κ1) is 9.42. The molecular weight excluding hydrogens is 172 g/mol. The number of rotatable bonds is 4. The van der Waals surface area contributed by atoms with Gasteiger partial charge in [-0.05, 0) is 25.3 Å².